The standard InChI is InChI=1S/C23H29N5O.HI/c1-24-23(25-14-4-3-7-19-10-12-22(29-2)13-11-19)26-18-20-8-5-9-21(17-20)28-16-6-15-27-28;/h5-6,8-13,15-17H,3-4,7,14,18H2,1-2H3,(H2,24,25,26);1H. The van der Waals surface area contributed by atoms with E-state index in [1.54, 1.807) is 20.4 Å². The van der Waals surface area contributed by atoms with Crippen LogP contribution in [0.2, 0.25) is 0 Å². The summed E-state index contributed by atoms with van der Waals surface area (Å²) < 4.78 is 7.06. The van der Waals surface area contributed by atoms with Crippen LogP contribution in [0.3, 0.4) is 0 Å². The van der Waals surface area contributed by atoms with Gasteiger partial charge in [-0.2, -0.15) is 5.10 Å². The second-order valence-electron chi connectivity index (χ2n) is 6.78. The minimum absolute atomic E-state index is 0. The first-order valence-corrected chi connectivity index (χ1v) is 9.95. The van der Waals surface area contributed by atoms with E-state index in [0.29, 0.717) is 6.54 Å². The third-order valence-corrected chi connectivity index (χ3v) is 4.71. The lowest BCUT2D eigenvalue weighted by Crippen LogP contribution is -2.37. The largest absolute Gasteiger partial charge is 0.497 e. The van der Waals surface area contributed by atoms with Crippen molar-refractivity contribution < 1.29 is 4.74 Å². The first-order valence-electron chi connectivity index (χ1n) is 9.95. The van der Waals surface area contributed by atoms with Gasteiger partial charge in [-0.1, -0.05) is 24.3 Å². The lowest BCUT2D eigenvalue weighted by atomic mass is 10.1. The van der Waals surface area contributed by atoms with Gasteiger partial charge in [-0.3, -0.25) is 4.99 Å². The smallest absolute Gasteiger partial charge is 0.191 e. The van der Waals surface area contributed by atoms with Gasteiger partial charge in [-0.25, -0.2) is 4.68 Å². The molecule has 2 N–H and O–H groups in total. The zero-order valence-corrected chi connectivity index (χ0v) is 19.9. The van der Waals surface area contributed by atoms with Gasteiger partial charge in [0, 0.05) is 32.5 Å². The second kappa shape index (κ2) is 12.9. The number of aryl methyl sites for hydroxylation is 1. The molecule has 0 aliphatic rings. The molecule has 6 nitrogen and oxygen atoms in total. The van der Waals surface area contributed by atoms with E-state index in [-0.39, 0.29) is 24.0 Å². The van der Waals surface area contributed by atoms with E-state index >= 15 is 0 Å². The maximum Gasteiger partial charge on any atom is 0.191 e. The monoisotopic (exact) mass is 519 g/mol. The van der Waals surface area contributed by atoms with E-state index in [4.69, 9.17) is 4.74 Å². The van der Waals surface area contributed by atoms with Crippen LogP contribution >= 0.6 is 24.0 Å². The summed E-state index contributed by atoms with van der Waals surface area (Å²) in [5, 5.41) is 11.0. The SMILES string of the molecule is CN=C(NCCCCc1ccc(OC)cc1)NCc1cccc(-n2cccn2)c1.I. The summed E-state index contributed by atoms with van der Waals surface area (Å²) in [7, 11) is 3.49. The molecule has 1 heterocycles. The average Bonchev–Trinajstić information content (AvgIpc) is 3.31. The molecule has 0 aliphatic heterocycles. The highest BCUT2D eigenvalue weighted by Gasteiger charge is 2.01. The Hall–Kier alpha value is -2.55. The molecule has 2 aromatic carbocycles. The van der Waals surface area contributed by atoms with Crippen molar-refractivity contribution in [2.24, 2.45) is 4.99 Å². The number of guanidine groups is 1. The van der Waals surface area contributed by atoms with E-state index < -0.39 is 0 Å². The van der Waals surface area contributed by atoms with Crippen molar-refractivity contribution in [1.29, 1.82) is 0 Å². The zero-order chi connectivity index (χ0) is 20.3. The van der Waals surface area contributed by atoms with Gasteiger partial charge in [0.2, 0.25) is 0 Å². The number of nitrogens with zero attached hydrogens (tertiary/aromatic N) is 3. The van der Waals surface area contributed by atoms with Crippen molar-refractivity contribution in [3.05, 3.63) is 78.1 Å². The molecule has 0 spiro atoms. The Morgan fingerprint density at radius 1 is 1.03 bits per heavy atom. The Kier molecular flexibility index (Phi) is 10.2. The van der Waals surface area contributed by atoms with E-state index in [1.165, 1.54) is 11.1 Å². The van der Waals surface area contributed by atoms with Gasteiger partial charge in [0.1, 0.15) is 5.75 Å². The Bertz CT molecular complexity index is 894. The molecule has 0 aliphatic carbocycles. The highest BCUT2D eigenvalue weighted by atomic mass is 127. The van der Waals surface area contributed by atoms with Crippen LogP contribution in [0, 0.1) is 0 Å². The van der Waals surface area contributed by atoms with Gasteiger partial charge >= 0.3 is 0 Å². The molecule has 0 atom stereocenters. The summed E-state index contributed by atoms with van der Waals surface area (Å²) in [6.45, 7) is 1.60. The normalized spacial score (nSPS) is 10.9. The fraction of sp³-hybridized carbons (Fsp3) is 0.304. The van der Waals surface area contributed by atoms with Crippen molar-refractivity contribution in [3.63, 3.8) is 0 Å². The van der Waals surface area contributed by atoms with Crippen LogP contribution < -0.4 is 15.4 Å². The summed E-state index contributed by atoms with van der Waals surface area (Å²) in [6, 6.07) is 18.5. The van der Waals surface area contributed by atoms with E-state index in [2.05, 4.69) is 45.0 Å². The Labute approximate surface area is 195 Å². The molecular formula is C23H30IN5O. The fourth-order valence-corrected chi connectivity index (χ4v) is 3.09. The minimum Gasteiger partial charge on any atom is -0.497 e. The molecule has 0 bridgehead atoms. The Balaban J connectivity index is 0.00000320. The summed E-state index contributed by atoms with van der Waals surface area (Å²) in [5.74, 6) is 1.72. The number of ether oxygens (including phenoxy) is 1. The summed E-state index contributed by atoms with van der Waals surface area (Å²) in [4.78, 5) is 4.31. The van der Waals surface area contributed by atoms with Crippen molar-refractivity contribution in [2.45, 2.75) is 25.8 Å². The van der Waals surface area contributed by atoms with Crippen molar-refractivity contribution in [3.8, 4) is 11.4 Å². The number of methoxy groups -OCH3 is 1. The molecule has 0 radical (unpaired) electrons. The molecule has 7 heteroatoms. The minimum atomic E-state index is 0. The lowest BCUT2D eigenvalue weighted by molar-refractivity contribution is 0.414. The summed E-state index contributed by atoms with van der Waals surface area (Å²) in [5.41, 5.74) is 3.57. The van der Waals surface area contributed by atoms with Crippen molar-refractivity contribution in [2.75, 3.05) is 20.7 Å². The highest BCUT2D eigenvalue weighted by molar-refractivity contribution is 14.0. The fourth-order valence-electron chi connectivity index (χ4n) is 3.09. The number of benzene rings is 2. The molecule has 30 heavy (non-hydrogen) atoms. The second-order valence-corrected chi connectivity index (χ2v) is 6.78. The number of aromatic nitrogens is 2. The molecule has 0 fully saturated rings. The number of unbranched alkanes of at least 4 members (excludes halogenated alkanes) is 1. The third kappa shape index (κ3) is 7.37. The lowest BCUT2D eigenvalue weighted by Gasteiger charge is -2.12. The Morgan fingerprint density at radius 3 is 2.57 bits per heavy atom. The van der Waals surface area contributed by atoms with Gasteiger partial charge in [0.05, 0.1) is 12.8 Å². The molecule has 3 aromatic rings. The van der Waals surface area contributed by atoms with Crippen molar-refractivity contribution in [1.82, 2.24) is 20.4 Å². The zero-order valence-electron chi connectivity index (χ0n) is 17.5. The van der Waals surface area contributed by atoms with E-state index in [0.717, 1.165) is 43.2 Å². The molecule has 3 rings (SSSR count). The van der Waals surface area contributed by atoms with Gasteiger partial charge < -0.3 is 15.4 Å². The van der Waals surface area contributed by atoms with Crippen LogP contribution in [-0.2, 0) is 13.0 Å². The first kappa shape index (κ1) is 23.7. The quantitative estimate of drug-likeness (QED) is 0.193. The van der Waals surface area contributed by atoms with Gasteiger partial charge in [-0.05, 0) is 60.7 Å². The van der Waals surface area contributed by atoms with E-state index in [9.17, 15) is 0 Å². The predicted octanol–water partition coefficient (Wildman–Crippen LogP) is 4.19. The van der Waals surface area contributed by atoms with Crippen LogP contribution in [0.5, 0.6) is 5.75 Å². The molecule has 1 aromatic heterocycles. The van der Waals surface area contributed by atoms with Crippen LogP contribution in [0.15, 0.2) is 72.0 Å². The first-order chi connectivity index (χ1) is 14.3. The number of rotatable bonds is 9. The highest BCUT2D eigenvalue weighted by Crippen LogP contribution is 2.13. The van der Waals surface area contributed by atoms with Crippen molar-refractivity contribution >= 4 is 29.9 Å². The van der Waals surface area contributed by atoms with Crippen LogP contribution in [0.1, 0.15) is 24.0 Å². The Morgan fingerprint density at radius 2 is 1.87 bits per heavy atom. The van der Waals surface area contributed by atoms with Crippen LogP contribution in [0.4, 0.5) is 0 Å². The number of halogens is 1. The summed E-state index contributed by atoms with van der Waals surface area (Å²) >= 11 is 0. The topological polar surface area (TPSA) is 63.5 Å². The molecular weight excluding hydrogens is 489 g/mol. The maximum absolute atomic E-state index is 5.20. The van der Waals surface area contributed by atoms with Gasteiger partial charge in [-0.15, -0.1) is 24.0 Å². The van der Waals surface area contributed by atoms with Gasteiger partial charge in [0.15, 0.2) is 5.96 Å². The molecule has 0 amide bonds. The third-order valence-electron chi connectivity index (χ3n) is 4.71. The van der Waals surface area contributed by atoms with Crippen LogP contribution in [0.25, 0.3) is 5.69 Å². The number of nitrogens with one attached hydrogen (secondary N) is 2. The molecule has 160 valence electrons. The number of hydrogen-bond acceptors (Lipinski definition) is 3. The maximum atomic E-state index is 5.20. The number of aliphatic imine (C=N–C) groups is 1. The van der Waals surface area contributed by atoms with Gasteiger partial charge in [0.25, 0.3) is 0 Å². The van der Waals surface area contributed by atoms with E-state index in [1.807, 2.05) is 41.2 Å². The molecule has 0 saturated carbocycles. The molecule has 0 saturated heterocycles. The predicted molar refractivity (Wildman–Crippen MR) is 133 cm³/mol. The number of hydrogen-bond donors (Lipinski definition) is 2. The molecule has 0 unspecified atom stereocenters. The van der Waals surface area contributed by atoms with Crippen LogP contribution in [-0.4, -0.2) is 36.4 Å². The summed E-state index contributed by atoms with van der Waals surface area (Å²) in [6.07, 6.45) is 7.01. The average molecular weight is 519 g/mol.